The van der Waals surface area contributed by atoms with Gasteiger partial charge in [-0.15, -0.1) is 0 Å². The van der Waals surface area contributed by atoms with Crippen LogP contribution in [-0.2, 0) is 28.5 Å². The van der Waals surface area contributed by atoms with Crippen LogP contribution in [0.4, 0.5) is 0 Å². The van der Waals surface area contributed by atoms with Crippen LogP contribution in [0.3, 0.4) is 0 Å². The highest BCUT2D eigenvalue weighted by Gasteiger charge is 2.44. The molecule has 1 fully saturated rings. The quantitative estimate of drug-likeness (QED) is 0.0268. The number of carbonyl (C=O) groups excluding carboxylic acids is 2. The lowest BCUT2D eigenvalue weighted by molar-refractivity contribution is -0.305. The van der Waals surface area contributed by atoms with E-state index < -0.39 is 49.4 Å². The van der Waals surface area contributed by atoms with Crippen LogP contribution < -0.4 is 0 Å². The predicted octanol–water partition coefficient (Wildman–Crippen LogP) is 10.3. The number of ether oxygens (including phenoxy) is 4. The van der Waals surface area contributed by atoms with Crippen molar-refractivity contribution >= 4 is 11.9 Å². The summed E-state index contributed by atoms with van der Waals surface area (Å²) in [5.74, 6) is -0.826. The molecule has 58 heavy (non-hydrogen) atoms. The maximum atomic E-state index is 12.8. The van der Waals surface area contributed by atoms with E-state index in [4.69, 9.17) is 18.9 Å². The van der Waals surface area contributed by atoms with Crippen LogP contribution in [-0.4, -0.2) is 89.0 Å². The first-order chi connectivity index (χ1) is 28.3. The van der Waals surface area contributed by atoms with Crippen molar-refractivity contribution in [2.45, 2.75) is 237 Å². The molecule has 2 unspecified atom stereocenters. The molecule has 0 aliphatic carbocycles. The maximum absolute atomic E-state index is 12.8. The van der Waals surface area contributed by atoms with Gasteiger partial charge in [-0.2, -0.15) is 0 Å². The minimum atomic E-state index is -1.60. The Labute approximate surface area is 353 Å². The van der Waals surface area contributed by atoms with Gasteiger partial charge in [0.15, 0.2) is 12.4 Å². The van der Waals surface area contributed by atoms with Crippen molar-refractivity contribution in [1.29, 1.82) is 0 Å². The number of unbranched alkanes of at least 4 members (excludes halogenated alkanes) is 22. The van der Waals surface area contributed by atoms with E-state index in [0.717, 1.165) is 57.8 Å². The number of carbonyl (C=O) groups is 2. The second-order valence-electron chi connectivity index (χ2n) is 16.2. The first-order valence-electron chi connectivity index (χ1n) is 23.6. The van der Waals surface area contributed by atoms with Crippen LogP contribution in [0.5, 0.6) is 0 Å². The van der Waals surface area contributed by atoms with Crippen molar-refractivity contribution in [3.63, 3.8) is 0 Å². The van der Waals surface area contributed by atoms with Crippen LogP contribution in [0.1, 0.15) is 200 Å². The molecular formula is C48H86O10. The Morgan fingerprint density at radius 3 is 1.48 bits per heavy atom. The van der Waals surface area contributed by atoms with E-state index in [0.29, 0.717) is 6.42 Å². The van der Waals surface area contributed by atoms with Gasteiger partial charge in [-0.25, -0.2) is 0 Å². The lowest BCUT2D eigenvalue weighted by Gasteiger charge is -2.39. The van der Waals surface area contributed by atoms with E-state index in [-0.39, 0.29) is 32.0 Å². The van der Waals surface area contributed by atoms with Crippen LogP contribution in [0.25, 0.3) is 0 Å². The second-order valence-corrected chi connectivity index (χ2v) is 16.2. The zero-order valence-electron chi connectivity index (χ0n) is 36.8. The van der Waals surface area contributed by atoms with E-state index in [9.17, 15) is 30.0 Å². The number of esters is 2. The summed E-state index contributed by atoms with van der Waals surface area (Å²) in [5, 5.41) is 40.1. The zero-order chi connectivity index (χ0) is 42.3. The monoisotopic (exact) mass is 823 g/mol. The third-order valence-corrected chi connectivity index (χ3v) is 10.8. The molecule has 1 aliphatic rings. The lowest BCUT2D eigenvalue weighted by Crippen LogP contribution is -2.59. The van der Waals surface area contributed by atoms with Crippen LogP contribution in [0.2, 0.25) is 0 Å². The summed E-state index contributed by atoms with van der Waals surface area (Å²) < 4.78 is 22.2. The highest BCUT2D eigenvalue weighted by molar-refractivity contribution is 5.70. The number of aliphatic hydroxyl groups excluding tert-OH is 4. The summed E-state index contributed by atoms with van der Waals surface area (Å²) in [6.07, 6.45) is 37.1. The Bertz CT molecular complexity index is 1040. The normalized spacial score (nSPS) is 20.4. The SMILES string of the molecule is CCCCC/C=C/C/C=C/C/C=C/CCCCCCC(=O)O[C@@H](COC(=O)CCCCCCCCCCCCCCCCCC)CO[C@H]1O[C@@H](CO)[C@@H](O)C(O)C1O. The van der Waals surface area contributed by atoms with E-state index in [1.54, 1.807) is 0 Å². The molecule has 1 aliphatic heterocycles. The molecule has 10 nitrogen and oxygen atoms in total. The van der Waals surface area contributed by atoms with Gasteiger partial charge in [0.1, 0.15) is 31.0 Å². The third kappa shape index (κ3) is 30.0. The summed E-state index contributed by atoms with van der Waals surface area (Å²) >= 11 is 0. The summed E-state index contributed by atoms with van der Waals surface area (Å²) in [5.41, 5.74) is 0. The zero-order valence-corrected chi connectivity index (χ0v) is 36.8. The van der Waals surface area contributed by atoms with Crippen molar-refractivity contribution in [3.8, 4) is 0 Å². The van der Waals surface area contributed by atoms with Crippen molar-refractivity contribution < 1.29 is 49.0 Å². The maximum Gasteiger partial charge on any atom is 0.306 e. The highest BCUT2D eigenvalue weighted by atomic mass is 16.7. The molecule has 338 valence electrons. The molecule has 0 aromatic rings. The Morgan fingerprint density at radius 2 is 0.966 bits per heavy atom. The van der Waals surface area contributed by atoms with E-state index in [1.807, 2.05) is 0 Å². The lowest BCUT2D eigenvalue weighted by atomic mass is 9.99. The summed E-state index contributed by atoms with van der Waals surface area (Å²) in [6, 6.07) is 0. The fraction of sp³-hybridized carbons (Fsp3) is 0.833. The topological polar surface area (TPSA) is 152 Å². The van der Waals surface area contributed by atoms with Crippen molar-refractivity contribution in [2.24, 2.45) is 0 Å². The Morgan fingerprint density at radius 1 is 0.534 bits per heavy atom. The van der Waals surface area contributed by atoms with Gasteiger partial charge in [0.05, 0.1) is 13.2 Å². The van der Waals surface area contributed by atoms with Crippen molar-refractivity contribution in [1.82, 2.24) is 0 Å². The number of rotatable bonds is 39. The Hall–Kier alpha value is -2.08. The third-order valence-electron chi connectivity index (χ3n) is 10.8. The van der Waals surface area contributed by atoms with E-state index >= 15 is 0 Å². The van der Waals surface area contributed by atoms with Crippen LogP contribution in [0.15, 0.2) is 36.5 Å². The van der Waals surface area contributed by atoms with Gasteiger partial charge in [-0.1, -0.05) is 172 Å². The number of allylic oxidation sites excluding steroid dienone is 6. The molecule has 6 atom stereocenters. The number of hydrogen-bond acceptors (Lipinski definition) is 10. The molecule has 1 saturated heterocycles. The predicted molar refractivity (Wildman–Crippen MR) is 233 cm³/mol. The van der Waals surface area contributed by atoms with E-state index in [1.165, 1.54) is 109 Å². The fourth-order valence-corrected chi connectivity index (χ4v) is 7.02. The van der Waals surface area contributed by atoms with Gasteiger partial charge in [0.25, 0.3) is 0 Å². The Balaban J connectivity index is 2.33. The molecule has 0 aromatic carbocycles. The minimum absolute atomic E-state index is 0.206. The highest BCUT2D eigenvalue weighted by Crippen LogP contribution is 2.23. The average molecular weight is 823 g/mol. The molecule has 0 spiro atoms. The van der Waals surface area contributed by atoms with E-state index in [2.05, 4.69) is 50.3 Å². The van der Waals surface area contributed by atoms with Gasteiger partial charge >= 0.3 is 11.9 Å². The fourth-order valence-electron chi connectivity index (χ4n) is 7.02. The molecule has 10 heteroatoms. The number of aliphatic hydroxyl groups is 4. The van der Waals surface area contributed by atoms with Gasteiger partial charge in [0, 0.05) is 12.8 Å². The van der Waals surface area contributed by atoms with Crippen molar-refractivity contribution in [2.75, 3.05) is 19.8 Å². The standard InChI is InChI=1S/C48H86O10/c1-3-5-7-9-11-13-15-17-19-21-23-25-27-29-31-33-35-37-44(51)57-41(40-56-48-47(54)46(53)45(52)42(38-49)58-48)39-55-43(50)36-34-32-30-28-26-24-22-20-18-16-14-12-10-8-6-4-2/h11,13,17,19,23,25,41-42,45-49,52-54H,3-10,12,14-16,18,20-22,24,26-40H2,1-2H3/b13-11+,19-17+,25-23+/t41-,42-,45+,46?,47?,48-/m0/s1. The first kappa shape index (κ1) is 53.9. The van der Waals surface area contributed by atoms with Gasteiger partial charge < -0.3 is 39.4 Å². The molecular weight excluding hydrogens is 737 g/mol. The molecule has 0 radical (unpaired) electrons. The van der Waals surface area contributed by atoms with Crippen LogP contribution in [0, 0.1) is 0 Å². The molecule has 0 bridgehead atoms. The van der Waals surface area contributed by atoms with Gasteiger partial charge in [0.2, 0.25) is 0 Å². The molecule has 1 rings (SSSR count). The molecule has 0 aromatic heterocycles. The first-order valence-corrected chi connectivity index (χ1v) is 23.6. The molecule has 4 N–H and O–H groups in total. The van der Waals surface area contributed by atoms with Crippen molar-refractivity contribution in [3.05, 3.63) is 36.5 Å². The second kappa shape index (κ2) is 39.1. The van der Waals surface area contributed by atoms with Gasteiger partial charge in [-0.05, 0) is 51.4 Å². The molecule has 0 saturated carbocycles. The Kier molecular flexibility index (Phi) is 36.3. The molecule has 0 amide bonds. The average Bonchev–Trinajstić information content (AvgIpc) is 3.22. The summed E-state index contributed by atoms with van der Waals surface area (Å²) in [6.45, 7) is 3.39. The van der Waals surface area contributed by atoms with Crippen LogP contribution >= 0.6 is 0 Å². The summed E-state index contributed by atoms with van der Waals surface area (Å²) in [7, 11) is 0. The number of hydrogen-bond donors (Lipinski definition) is 4. The summed E-state index contributed by atoms with van der Waals surface area (Å²) in [4.78, 5) is 25.4. The minimum Gasteiger partial charge on any atom is -0.462 e. The van der Waals surface area contributed by atoms with Gasteiger partial charge in [-0.3, -0.25) is 9.59 Å². The smallest absolute Gasteiger partial charge is 0.306 e. The largest absolute Gasteiger partial charge is 0.462 e. The molecule has 1 heterocycles.